The molecule has 0 aromatic carbocycles. The number of aliphatic hydroxyl groups excluding tert-OH is 1. The summed E-state index contributed by atoms with van der Waals surface area (Å²) in [5.41, 5.74) is 0. The lowest BCUT2D eigenvalue weighted by Crippen LogP contribution is -2.32. The zero-order valence-electron chi connectivity index (χ0n) is 8.43. The second-order valence-electron chi connectivity index (χ2n) is 3.67. The summed E-state index contributed by atoms with van der Waals surface area (Å²) < 4.78 is 0. The number of carbonyl (C=O) groups excluding carboxylic acids is 2. The third-order valence-corrected chi connectivity index (χ3v) is 2.53. The van der Waals surface area contributed by atoms with Crippen LogP contribution in [0, 0.1) is 5.92 Å². The quantitative estimate of drug-likeness (QED) is 0.660. The number of rotatable bonds is 4. The van der Waals surface area contributed by atoms with Crippen LogP contribution in [0.25, 0.3) is 0 Å². The molecule has 2 unspecified atom stereocenters. The fourth-order valence-electron chi connectivity index (χ4n) is 1.23. The van der Waals surface area contributed by atoms with E-state index in [9.17, 15) is 14.7 Å². The number of imide groups is 1. The van der Waals surface area contributed by atoms with E-state index >= 15 is 0 Å². The van der Waals surface area contributed by atoms with Gasteiger partial charge in [-0.05, 0) is 19.3 Å². The van der Waals surface area contributed by atoms with Gasteiger partial charge in [-0.25, -0.2) is 0 Å². The topological polar surface area (TPSA) is 57.6 Å². The third kappa shape index (κ3) is 2.42. The van der Waals surface area contributed by atoms with Gasteiger partial charge < -0.3 is 5.11 Å². The van der Waals surface area contributed by atoms with Crippen LogP contribution in [0.5, 0.6) is 0 Å². The number of amides is 2. The van der Waals surface area contributed by atoms with Gasteiger partial charge in [0.25, 0.3) is 11.8 Å². The van der Waals surface area contributed by atoms with Gasteiger partial charge in [-0.2, -0.15) is 0 Å². The van der Waals surface area contributed by atoms with Crippen LogP contribution >= 0.6 is 0 Å². The number of aliphatic hydroxyl groups is 1. The Bertz CT molecular complexity index is 253. The molecule has 14 heavy (non-hydrogen) atoms. The molecule has 0 fully saturated rings. The van der Waals surface area contributed by atoms with Gasteiger partial charge in [-0.15, -0.1) is 0 Å². The maximum atomic E-state index is 11.1. The van der Waals surface area contributed by atoms with Gasteiger partial charge in [-0.3, -0.25) is 14.5 Å². The Hall–Kier alpha value is -1.16. The summed E-state index contributed by atoms with van der Waals surface area (Å²) in [6.07, 6.45) is 2.78. The normalized spacial score (nSPS) is 20.4. The van der Waals surface area contributed by atoms with Crippen LogP contribution in [0.2, 0.25) is 0 Å². The molecule has 1 aliphatic rings. The predicted octanol–water partition coefficient (Wildman–Crippen LogP) is 0.318. The maximum Gasteiger partial charge on any atom is 0.253 e. The highest BCUT2D eigenvalue weighted by Crippen LogP contribution is 2.11. The molecule has 1 N–H and O–H groups in total. The SMILES string of the molecule is CC(O)C(C)CCN1C(=O)C=CC1=O. The Balaban J connectivity index is 2.39. The standard InChI is InChI=1S/C10H15NO3/c1-7(8(2)12)5-6-11-9(13)3-4-10(11)14/h3-4,7-8,12H,5-6H2,1-2H3. The van der Waals surface area contributed by atoms with E-state index in [1.807, 2.05) is 6.92 Å². The monoisotopic (exact) mass is 197 g/mol. The van der Waals surface area contributed by atoms with Crippen molar-refractivity contribution in [2.45, 2.75) is 26.4 Å². The van der Waals surface area contributed by atoms with Crippen molar-refractivity contribution in [1.82, 2.24) is 4.90 Å². The molecule has 0 saturated heterocycles. The van der Waals surface area contributed by atoms with Crippen molar-refractivity contribution in [3.8, 4) is 0 Å². The molecule has 0 aromatic rings. The molecule has 0 aliphatic carbocycles. The summed E-state index contributed by atoms with van der Waals surface area (Å²) in [6, 6.07) is 0. The minimum Gasteiger partial charge on any atom is -0.393 e. The van der Waals surface area contributed by atoms with Crippen molar-refractivity contribution >= 4 is 11.8 Å². The predicted molar refractivity (Wildman–Crippen MR) is 51.3 cm³/mol. The summed E-state index contributed by atoms with van der Waals surface area (Å²) >= 11 is 0. The van der Waals surface area contributed by atoms with Gasteiger partial charge in [0.05, 0.1) is 6.10 Å². The first-order valence-corrected chi connectivity index (χ1v) is 4.74. The van der Waals surface area contributed by atoms with Crippen LogP contribution in [-0.4, -0.2) is 34.5 Å². The molecule has 1 rings (SSSR count). The van der Waals surface area contributed by atoms with Gasteiger partial charge in [0.2, 0.25) is 0 Å². The summed E-state index contributed by atoms with van der Waals surface area (Å²) in [5, 5.41) is 9.22. The second-order valence-corrected chi connectivity index (χ2v) is 3.67. The second kappa shape index (κ2) is 4.37. The number of nitrogens with zero attached hydrogens (tertiary/aromatic N) is 1. The molecule has 2 atom stereocenters. The van der Waals surface area contributed by atoms with Crippen LogP contribution in [0.3, 0.4) is 0 Å². The molecule has 0 radical (unpaired) electrons. The van der Waals surface area contributed by atoms with Crippen molar-refractivity contribution in [1.29, 1.82) is 0 Å². The molecule has 1 heterocycles. The summed E-state index contributed by atoms with van der Waals surface area (Å²) in [6.45, 7) is 3.98. The largest absolute Gasteiger partial charge is 0.393 e. The van der Waals surface area contributed by atoms with Crippen LogP contribution in [0.4, 0.5) is 0 Å². The first kappa shape index (κ1) is 10.9. The average Bonchev–Trinajstić information content (AvgIpc) is 2.43. The zero-order valence-corrected chi connectivity index (χ0v) is 8.43. The lowest BCUT2D eigenvalue weighted by Gasteiger charge is -2.18. The molecule has 78 valence electrons. The van der Waals surface area contributed by atoms with Crippen LogP contribution in [-0.2, 0) is 9.59 Å². The Morgan fingerprint density at radius 1 is 1.29 bits per heavy atom. The van der Waals surface area contributed by atoms with Gasteiger partial charge in [0, 0.05) is 18.7 Å². The lowest BCUT2D eigenvalue weighted by atomic mass is 10.0. The van der Waals surface area contributed by atoms with E-state index in [4.69, 9.17) is 0 Å². The fraction of sp³-hybridized carbons (Fsp3) is 0.600. The van der Waals surface area contributed by atoms with Gasteiger partial charge >= 0.3 is 0 Å². The van der Waals surface area contributed by atoms with Crippen LogP contribution in [0.1, 0.15) is 20.3 Å². The van der Waals surface area contributed by atoms with E-state index in [2.05, 4.69) is 0 Å². The van der Waals surface area contributed by atoms with E-state index in [-0.39, 0.29) is 17.7 Å². The van der Waals surface area contributed by atoms with Gasteiger partial charge in [-0.1, -0.05) is 6.92 Å². The number of hydrogen-bond donors (Lipinski definition) is 1. The minimum atomic E-state index is -0.407. The molecule has 0 bridgehead atoms. The number of hydrogen-bond acceptors (Lipinski definition) is 3. The first-order valence-electron chi connectivity index (χ1n) is 4.74. The molecular formula is C10H15NO3. The van der Waals surface area contributed by atoms with Crippen molar-refractivity contribution in [2.24, 2.45) is 5.92 Å². The molecule has 1 aliphatic heterocycles. The molecule has 0 aromatic heterocycles. The Labute approximate surface area is 83.2 Å². The average molecular weight is 197 g/mol. The lowest BCUT2D eigenvalue weighted by molar-refractivity contribution is -0.137. The van der Waals surface area contributed by atoms with Crippen molar-refractivity contribution in [3.63, 3.8) is 0 Å². The molecule has 2 amide bonds. The first-order chi connectivity index (χ1) is 6.52. The fourth-order valence-corrected chi connectivity index (χ4v) is 1.23. The van der Waals surface area contributed by atoms with Gasteiger partial charge in [0.1, 0.15) is 0 Å². The van der Waals surface area contributed by atoms with Crippen molar-refractivity contribution in [2.75, 3.05) is 6.54 Å². The smallest absolute Gasteiger partial charge is 0.253 e. The molecule has 4 heteroatoms. The zero-order chi connectivity index (χ0) is 10.7. The molecule has 4 nitrogen and oxygen atoms in total. The maximum absolute atomic E-state index is 11.1. The van der Waals surface area contributed by atoms with E-state index < -0.39 is 6.10 Å². The van der Waals surface area contributed by atoms with Crippen molar-refractivity contribution in [3.05, 3.63) is 12.2 Å². The molecule has 0 spiro atoms. The Kier molecular flexibility index (Phi) is 3.41. The molecule has 0 saturated carbocycles. The number of carbonyl (C=O) groups is 2. The highest BCUT2D eigenvalue weighted by atomic mass is 16.3. The summed E-state index contributed by atoms with van der Waals surface area (Å²) in [7, 11) is 0. The summed E-state index contributed by atoms with van der Waals surface area (Å²) in [4.78, 5) is 23.4. The third-order valence-electron chi connectivity index (χ3n) is 2.53. The minimum absolute atomic E-state index is 0.0937. The highest BCUT2D eigenvalue weighted by Gasteiger charge is 2.23. The van der Waals surface area contributed by atoms with Crippen LogP contribution < -0.4 is 0 Å². The van der Waals surface area contributed by atoms with Crippen LogP contribution in [0.15, 0.2) is 12.2 Å². The summed E-state index contributed by atoms with van der Waals surface area (Å²) in [5.74, 6) is -0.420. The molecular weight excluding hydrogens is 182 g/mol. The van der Waals surface area contributed by atoms with Crippen molar-refractivity contribution < 1.29 is 14.7 Å². The van der Waals surface area contributed by atoms with E-state index in [1.54, 1.807) is 6.92 Å². The Morgan fingerprint density at radius 3 is 2.21 bits per heavy atom. The van der Waals surface area contributed by atoms with E-state index in [0.29, 0.717) is 13.0 Å². The highest BCUT2D eigenvalue weighted by molar-refractivity contribution is 6.12. The Morgan fingerprint density at radius 2 is 1.79 bits per heavy atom. The van der Waals surface area contributed by atoms with Gasteiger partial charge in [0.15, 0.2) is 0 Å². The van der Waals surface area contributed by atoms with E-state index in [1.165, 1.54) is 17.1 Å². The van der Waals surface area contributed by atoms with E-state index in [0.717, 1.165) is 0 Å².